The smallest absolute Gasteiger partial charge is 0.251 e. The van der Waals surface area contributed by atoms with E-state index in [9.17, 15) is 13.2 Å². The Morgan fingerprint density at radius 2 is 1.56 bits per heavy atom. The van der Waals surface area contributed by atoms with Crippen molar-refractivity contribution in [2.45, 2.75) is 38.3 Å². The van der Waals surface area contributed by atoms with Gasteiger partial charge in [0.15, 0.2) is 9.84 Å². The number of rotatable bonds is 8. The summed E-state index contributed by atoms with van der Waals surface area (Å²) in [6.07, 6.45) is 1.18. The van der Waals surface area contributed by atoms with Crippen molar-refractivity contribution in [2.24, 2.45) is 0 Å². The molecule has 0 aliphatic carbocycles. The number of hydrogen-bond acceptors (Lipinski definition) is 4. The summed E-state index contributed by atoms with van der Waals surface area (Å²) in [5, 5.41) is 2.95. The van der Waals surface area contributed by atoms with Crippen LogP contribution >= 0.6 is 0 Å². The van der Waals surface area contributed by atoms with E-state index in [0.717, 1.165) is 25.2 Å². The van der Waals surface area contributed by atoms with Gasteiger partial charge in [0.1, 0.15) is 0 Å². The van der Waals surface area contributed by atoms with Gasteiger partial charge in [0.25, 0.3) is 5.91 Å². The zero-order valence-corrected chi connectivity index (χ0v) is 17.2. The van der Waals surface area contributed by atoms with E-state index in [-0.39, 0.29) is 16.8 Å². The largest absolute Gasteiger partial charge is 0.346 e. The highest BCUT2D eigenvalue weighted by molar-refractivity contribution is 7.90. The van der Waals surface area contributed by atoms with Crippen LogP contribution in [-0.2, 0) is 16.4 Å². The molecule has 1 atom stereocenters. The molecule has 0 saturated heterocycles. The predicted octanol–water partition coefficient (Wildman–Crippen LogP) is 3.42. The van der Waals surface area contributed by atoms with Gasteiger partial charge in [-0.05, 0) is 55.4 Å². The van der Waals surface area contributed by atoms with Gasteiger partial charge in [-0.3, -0.25) is 9.69 Å². The van der Waals surface area contributed by atoms with Crippen molar-refractivity contribution in [3.8, 4) is 0 Å². The molecule has 0 aliphatic heterocycles. The van der Waals surface area contributed by atoms with Crippen molar-refractivity contribution in [1.29, 1.82) is 0 Å². The molecule has 6 heteroatoms. The van der Waals surface area contributed by atoms with Crippen LogP contribution in [0.2, 0.25) is 0 Å². The van der Waals surface area contributed by atoms with Gasteiger partial charge in [-0.2, -0.15) is 0 Å². The van der Waals surface area contributed by atoms with E-state index < -0.39 is 9.84 Å². The minimum absolute atomic E-state index is 0.149. The third-order valence-electron chi connectivity index (χ3n) is 4.67. The molecule has 27 heavy (non-hydrogen) atoms. The molecule has 2 aromatic carbocycles. The molecule has 0 saturated carbocycles. The predicted molar refractivity (Wildman–Crippen MR) is 109 cm³/mol. The van der Waals surface area contributed by atoms with Gasteiger partial charge >= 0.3 is 0 Å². The lowest BCUT2D eigenvalue weighted by Crippen LogP contribution is -2.26. The summed E-state index contributed by atoms with van der Waals surface area (Å²) in [4.78, 5) is 15.1. The van der Waals surface area contributed by atoms with E-state index in [1.54, 1.807) is 24.3 Å². The highest BCUT2D eigenvalue weighted by atomic mass is 32.2. The average Bonchev–Trinajstić information content (AvgIpc) is 2.65. The number of nitrogens with zero attached hydrogens (tertiary/aromatic N) is 1. The van der Waals surface area contributed by atoms with Crippen molar-refractivity contribution in [2.75, 3.05) is 19.3 Å². The lowest BCUT2D eigenvalue weighted by Gasteiger charge is -2.18. The number of sulfone groups is 1. The van der Waals surface area contributed by atoms with Crippen molar-refractivity contribution in [1.82, 2.24) is 10.2 Å². The monoisotopic (exact) mass is 388 g/mol. The molecule has 1 amide bonds. The molecule has 0 aromatic heterocycles. The van der Waals surface area contributed by atoms with Crippen LogP contribution in [-0.4, -0.2) is 38.6 Å². The van der Waals surface area contributed by atoms with E-state index in [1.807, 2.05) is 31.2 Å². The number of hydrogen-bond donors (Lipinski definition) is 1. The second-order valence-electron chi connectivity index (χ2n) is 6.69. The zero-order valence-electron chi connectivity index (χ0n) is 16.4. The van der Waals surface area contributed by atoms with Crippen molar-refractivity contribution >= 4 is 15.7 Å². The molecule has 0 aliphatic rings. The minimum atomic E-state index is -3.22. The first kappa shape index (κ1) is 21.1. The molecule has 0 radical (unpaired) electrons. The summed E-state index contributed by atoms with van der Waals surface area (Å²) in [7, 11) is -3.22. The lowest BCUT2D eigenvalue weighted by molar-refractivity contribution is 0.0940. The molecule has 0 spiro atoms. The van der Waals surface area contributed by atoms with Gasteiger partial charge in [0.05, 0.1) is 10.9 Å². The molecular formula is C21H28N2O3S. The second-order valence-corrected chi connectivity index (χ2v) is 8.71. The summed E-state index contributed by atoms with van der Waals surface area (Å²) in [6, 6.07) is 14.0. The molecule has 146 valence electrons. The molecule has 0 fully saturated rings. The maximum absolute atomic E-state index is 12.5. The van der Waals surface area contributed by atoms with Crippen molar-refractivity contribution in [3.63, 3.8) is 0 Å². The Hall–Kier alpha value is -2.18. The standard InChI is InChI=1S/C21H28N2O3S/c1-5-23(6-2)15-17-7-9-19(10-8-17)21(24)22-16(3)18-11-13-20(14-12-18)27(4,25)26/h7-14,16H,5-6,15H2,1-4H3,(H,22,24). The fourth-order valence-corrected chi connectivity index (χ4v) is 3.46. The first-order chi connectivity index (χ1) is 12.7. The summed E-state index contributed by atoms with van der Waals surface area (Å²) in [5.74, 6) is -0.149. The Morgan fingerprint density at radius 1 is 1.00 bits per heavy atom. The minimum Gasteiger partial charge on any atom is -0.346 e. The summed E-state index contributed by atoms with van der Waals surface area (Å²) in [5.41, 5.74) is 2.64. The Bertz CT molecular complexity index is 855. The quantitative estimate of drug-likeness (QED) is 0.752. The van der Waals surface area contributed by atoms with E-state index in [2.05, 4.69) is 24.1 Å². The SMILES string of the molecule is CCN(CC)Cc1ccc(C(=O)NC(C)c2ccc(S(C)(=O)=O)cc2)cc1. The number of carbonyl (C=O) groups is 1. The van der Waals surface area contributed by atoms with Crippen LogP contribution in [0.25, 0.3) is 0 Å². The number of benzene rings is 2. The normalized spacial score (nSPS) is 12.8. The van der Waals surface area contributed by atoms with Crippen LogP contribution < -0.4 is 5.32 Å². The molecular weight excluding hydrogens is 360 g/mol. The Morgan fingerprint density at radius 3 is 2.04 bits per heavy atom. The lowest BCUT2D eigenvalue weighted by atomic mass is 10.1. The Kier molecular flexibility index (Phi) is 7.16. The van der Waals surface area contributed by atoms with Crippen LogP contribution in [0.4, 0.5) is 0 Å². The van der Waals surface area contributed by atoms with E-state index in [0.29, 0.717) is 5.56 Å². The number of carbonyl (C=O) groups excluding carboxylic acids is 1. The van der Waals surface area contributed by atoms with Gasteiger partial charge in [-0.15, -0.1) is 0 Å². The fraction of sp³-hybridized carbons (Fsp3) is 0.381. The third kappa shape index (κ3) is 5.91. The first-order valence-corrected chi connectivity index (χ1v) is 11.1. The summed E-state index contributed by atoms with van der Waals surface area (Å²) >= 11 is 0. The number of nitrogens with one attached hydrogen (secondary N) is 1. The van der Waals surface area contributed by atoms with Crippen molar-refractivity contribution < 1.29 is 13.2 Å². The maximum atomic E-state index is 12.5. The molecule has 0 bridgehead atoms. The Labute approximate surface area is 162 Å². The molecule has 0 heterocycles. The topological polar surface area (TPSA) is 66.5 Å². The Balaban J connectivity index is 2.01. The van der Waals surface area contributed by atoms with Gasteiger partial charge in [-0.1, -0.05) is 38.1 Å². The van der Waals surface area contributed by atoms with Crippen LogP contribution in [0.3, 0.4) is 0 Å². The van der Waals surface area contributed by atoms with E-state index in [4.69, 9.17) is 0 Å². The molecule has 1 unspecified atom stereocenters. The van der Waals surface area contributed by atoms with Crippen molar-refractivity contribution in [3.05, 3.63) is 65.2 Å². The van der Waals surface area contributed by atoms with Gasteiger partial charge in [0, 0.05) is 18.4 Å². The van der Waals surface area contributed by atoms with Crippen LogP contribution in [0.15, 0.2) is 53.4 Å². The molecule has 2 rings (SSSR count). The average molecular weight is 389 g/mol. The third-order valence-corrected chi connectivity index (χ3v) is 5.80. The highest BCUT2D eigenvalue weighted by Crippen LogP contribution is 2.17. The van der Waals surface area contributed by atoms with E-state index in [1.165, 1.54) is 11.8 Å². The van der Waals surface area contributed by atoms with Gasteiger partial charge in [0.2, 0.25) is 0 Å². The molecule has 5 nitrogen and oxygen atoms in total. The maximum Gasteiger partial charge on any atom is 0.251 e. The molecule has 2 aromatic rings. The highest BCUT2D eigenvalue weighted by Gasteiger charge is 2.13. The summed E-state index contributed by atoms with van der Waals surface area (Å²) < 4.78 is 23.1. The fourth-order valence-electron chi connectivity index (χ4n) is 2.83. The summed E-state index contributed by atoms with van der Waals surface area (Å²) in [6.45, 7) is 9.01. The van der Waals surface area contributed by atoms with Crippen LogP contribution in [0.1, 0.15) is 48.3 Å². The van der Waals surface area contributed by atoms with Crippen LogP contribution in [0, 0.1) is 0 Å². The van der Waals surface area contributed by atoms with Crippen LogP contribution in [0.5, 0.6) is 0 Å². The first-order valence-electron chi connectivity index (χ1n) is 9.16. The molecule has 1 N–H and O–H groups in total. The number of amides is 1. The van der Waals surface area contributed by atoms with E-state index >= 15 is 0 Å². The van der Waals surface area contributed by atoms with Gasteiger partial charge in [-0.25, -0.2) is 8.42 Å². The zero-order chi connectivity index (χ0) is 20.0. The second kappa shape index (κ2) is 9.15. The van der Waals surface area contributed by atoms with Gasteiger partial charge < -0.3 is 5.32 Å².